The zero-order valence-electron chi connectivity index (χ0n) is 8.27. The Hall–Kier alpha value is -0.160. The molecule has 2 atom stereocenters. The second-order valence-corrected chi connectivity index (χ2v) is 4.06. The van der Waals surface area contributed by atoms with Crippen molar-refractivity contribution in [3.8, 4) is 0 Å². The van der Waals surface area contributed by atoms with E-state index in [1.54, 1.807) is 13.8 Å². The number of hydrogen-bond acceptors (Lipinski definition) is 4. The van der Waals surface area contributed by atoms with Gasteiger partial charge in [0.1, 0.15) is 0 Å². The minimum Gasteiger partial charge on any atom is -0.396 e. The van der Waals surface area contributed by atoms with Crippen molar-refractivity contribution in [2.24, 2.45) is 5.41 Å². The van der Waals surface area contributed by atoms with Crippen LogP contribution in [-0.2, 0) is 0 Å². The van der Waals surface area contributed by atoms with Gasteiger partial charge in [-0.1, -0.05) is 13.8 Å². The molecule has 0 amide bonds. The number of aliphatic hydroxyl groups is 4. The van der Waals surface area contributed by atoms with Crippen LogP contribution in [0, 0.1) is 5.41 Å². The van der Waals surface area contributed by atoms with Gasteiger partial charge in [0.2, 0.25) is 0 Å². The molecule has 4 nitrogen and oxygen atoms in total. The van der Waals surface area contributed by atoms with Crippen LogP contribution < -0.4 is 0 Å². The lowest BCUT2D eigenvalue weighted by atomic mass is 9.84. The summed E-state index contributed by atoms with van der Waals surface area (Å²) in [6.45, 7) is 3.24. The molecule has 0 radical (unpaired) electrons. The van der Waals surface area contributed by atoms with Crippen LogP contribution in [0.4, 0.5) is 0 Å². The zero-order chi connectivity index (χ0) is 10.5. The molecule has 0 bridgehead atoms. The van der Waals surface area contributed by atoms with Gasteiger partial charge in [-0.25, -0.2) is 0 Å². The third-order valence-electron chi connectivity index (χ3n) is 2.27. The molecule has 2 unspecified atom stereocenters. The van der Waals surface area contributed by atoms with Crippen molar-refractivity contribution in [3.63, 3.8) is 0 Å². The Morgan fingerprint density at radius 2 is 1.69 bits per heavy atom. The van der Waals surface area contributed by atoms with E-state index in [0.717, 1.165) is 0 Å². The number of aliphatic hydroxyl groups excluding tert-OH is 4. The van der Waals surface area contributed by atoms with Gasteiger partial charge in [-0.2, -0.15) is 0 Å². The average molecular weight is 192 g/mol. The highest BCUT2D eigenvalue weighted by atomic mass is 16.3. The lowest BCUT2D eigenvalue weighted by Gasteiger charge is -2.29. The maximum absolute atomic E-state index is 9.57. The molecule has 0 aromatic rings. The monoisotopic (exact) mass is 192 g/mol. The summed E-state index contributed by atoms with van der Waals surface area (Å²) in [5.41, 5.74) is -0.601. The largest absolute Gasteiger partial charge is 0.396 e. The van der Waals surface area contributed by atoms with Crippen LogP contribution in [-0.4, -0.2) is 45.8 Å². The molecule has 0 spiro atoms. The van der Waals surface area contributed by atoms with Crippen LogP contribution in [0.5, 0.6) is 0 Å². The number of rotatable bonds is 6. The Balaban J connectivity index is 3.91. The molecule has 0 aromatic carbocycles. The fourth-order valence-corrected chi connectivity index (χ4v) is 0.949. The third kappa shape index (κ3) is 4.57. The molecule has 0 fully saturated rings. The van der Waals surface area contributed by atoms with Crippen LogP contribution in [0.25, 0.3) is 0 Å². The summed E-state index contributed by atoms with van der Waals surface area (Å²) in [6.07, 6.45) is -1.00. The van der Waals surface area contributed by atoms with Gasteiger partial charge in [0, 0.05) is 12.0 Å². The molecule has 80 valence electrons. The normalized spacial score (nSPS) is 17.1. The molecule has 4 heteroatoms. The quantitative estimate of drug-likeness (QED) is 0.457. The molecule has 0 saturated carbocycles. The fraction of sp³-hybridized carbons (Fsp3) is 1.00. The summed E-state index contributed by atoms with van der Waals surface area (Å²) < 4.78 is 0. The highest BCUT2D eigenvalue weighted by Gasteiger charge is 2.28. The predicted octanol–water partition coefficient (Wildman–Crippen LogP) is -0.501. The molecule has 0 aromatic heterocycles. The third-order valence-corrected chi connectivity index (χ3v) is 2.27. The zero-order valence-corrected chi connectivity index (χ0v) is 8.27. The maximum Gasteiger partial charge on any atom is 0.0637 e. The molecule has 4 N–H and O–H groups in total. The summed E-state index contributed by atoms with van der Waals surface area (Å²) in [5.74, 6) is 0. The Morgan fingerprint density at radius 1 is 1.15 bits per heavy atom. The minimum absolute atomic E-state index is 0.0898. The molecule has 0 aliphatic carbocycles. The Labute approximate surface area is 78.8 Å². The van der Waals surface area contributed by atoms with Crippen molar-refractivity contribution in [2.45, 2.75) is 38.9 Å². The SMILES string of the molecule is CC(C)(CO)C(O)CC(O)CCO. The topological polar surface area (TPSA) is 80.9 Å². The van der Waals surface area contributed by atoms with E-state index in [1.807, 2.05) is 0 Å². The van der Waals surface area contributed by atoms with E-state index in [0.29, 0.717) is 0 Å². The first-order valence-corrected chi connectivity index (χ1v) is 4.52. The second-order valence-electron chi connectivity index (χ2n) is 4.06. The summed E-state index contributed by atoms with van der Waals surface area (Å²) in [6, 6.07) is 0. The summed E-state index contributed by atoms with van der Waals surface area (Å²) >= 11 is 0. The van der Waals surface area contributed by atoms with Crippen LogP contribution in [0.2, 0.25) is 0 Å². The molecule has 0 rings (SSSR count). The van der Waals surface area contributed by atoms with E-state index in [9.17, 15) is 10.2 Å². The van der Waals surface area contributed by atoms with Crippen molar-refractivity contribution in [1.29, 1.82) is 0 Å². The predicted molar refractivity (Wildman–Crippen MR) is 49.2 cm³/mol. The lowest BCUT2D eigenvalue weighted by Crippen LogP contribution is -2.35. The van der Waals surface area contributed by atoms with Gasteiger partial charge < -0.3 is 20.4 Å². The first-order valence-electron chi connectivity index (χ1n) is 4.52. The highest BCUT2D eigenvalue weighted by molar-refractivity contribution is 4.79. The molecule has 0 aliphatic rings. The molecular weight excluding hydrogens is 172 g/mol. The lowest BCUT2D eigenvalue weighted by molar-refractivity contribution is -0.0264. The maximum atomic E-state index is 9.57. The van der Waals surface area contributed by atoms with Gasteiger partial charge >= 0.3 is 0 Å². The first kappa shape index (κ1) is 12.8. The summed E-state index contributed by atoms with van der Waals surface area (Å²) in [7, 11) is 0. The van der Waals surface area contributed by atoms with Crippen LogP contribution in [0.3, 0.4) is 0 Å². The molecule has 0 aliphatic heterocycles. The standard InChI is InChI=1S/C9H20O4/c1-9(2,6-11)8(13)5-7(12)3-4-10/h7-8,10-13H,3-6H2,1-2H3. The van der Waals surface area contributed by atoms with Crippen molar-refractivity contribution >= 4 is 0 Å². The Morgan fingerprint density at radius 3 is 2.08 bits per heavy atom. The first-order chi connectivity index (χ1) is 5.94. The van der Waals surface area contributed by atoms with Gasteiger partial charge in [0.05, 0.1) is 18.8 Å². The van der Waals surface area contributed by atoms with E-state index in [-0.39, 0.29) is 26.1 Å². The number of hydrogen-bond donors (Lipinski definition) is 4. The van der Waals surface area contributed by atoms with Gasteiger partial charge in [0.15, 0.2) is 0 Å². The summed E-state index contributed by atoms with van der Waals surface area (Å²) in [4.78, 5) is 0. The van der Waals surface area contributed by atoms with Gasteiger partial charge in [-0.15, -0.1) is 0 Å². The summed E-state index contributed by atoms with van der Waals surface area (Å²) in [5, 5.41) is 36.3. The second kappa shape index (κ2) is 5.54. The molecular formula is C9H20O4. The van der Waals surface area contributed by atoms with Crippen molar-refractivity contribution in [3.05, 3.63) is 0 Å². The molecule has 0 saturated heterocycles. The van der Waals surface area contributed by atoms with Crippen LogP contribution in [0.1, 0.15) is 26.7 Å². The van der Waals surface area contributed by atoms with E-state index < -0.39 is 17.6 Å². The molecule has 0 heterocycles. The minimum atomic E-state index is -0.751. The van der Waals surface area contributed by atoms with E-state index >= 15 is 0 Å². The van der Waals surface area contributed by atoms with Crippen molar-refractivity contribution < 1.29 is 20.4 Å². The molecule has 13 heavy (non-hydrogen) atoms. The highest BCUT2D eigenvalue weighted by Crippen LogP contribution is 2.23. The average Bonchev–Trinajstić information content (AvgIpc) is 2.04. The Kier molecular flexibility index (Phi) is 5.48. The van der Waals surface area contributed by atoms with Gasteiger partial charge in [0.25, 0.3) is 0 Å². The van der Waals surface area contributed by atoms with E-state index in [1.165, 1.54) is 0 Å². The van der Waals surface area contributed by atoms with Gasteiger partial charge in [-0.3, -0.25) is 0 Å². The van der Waals surface area contributed by atoms with Crippen LogP contribution in [0.15, 0.2) is 0 Å². The fourth-order valence-electron chi connectivity index (χ4n) is 0.949. The van der Waals surface area contributed by atoms with E-state index in [2.05, 4.69) is 0 Å². The van der Waals surface area contributed by atoms with Gasteiger partial charge in [-0.05, 0) is 12.8 Å². The van der Waals surface area contributed by atoms with Crippen LogP contribution >= 0.6 is 0 Å². The smallest absolute Gasteiger partial charge is 0.0637 e. The van der Waals surface area contributed by atoms with E-state index in [4.69, 9.17) is 10.2 Å². The Bertz CT molecular complexity index is 136. The van der Waals surface area contributed by atoms with Crippen molar-refractivity contribution in [1.82, 2.24) is 0 Å². The van der Waals surface area contributed by atoms with Crippen molar-refractivity contribution in [2.75, 3.05) is 13.2 Å².